The Morgan fingerprint density at radius 1 is 1.14 bits per heavy atom. The molecule has 2 aromatic heterocycles. The van der Waals surface area contributed by atoms with Crippen molar-refractivity contribution in [2.45, 2.75) is 12.5 Å². The zero-order valence-corrected chi connectivity index (χ0v) is 18.0. The van der Waals surface area contributed by atoms with Gasteiger partial charge in [0.25, 0.3) is 0 Å². The molecule has 1 atom stereocenters. The monoisotopic (exact) mass is 446 g/mol. The van der Waals surface area contributed by atoms with E-state index in [1.807, 2.05) is 25.2 Å². The van der Waals surface area contributed by atoms with E-state index in [9.17, 15) is 0 Å². The van der Waals surface area contributed by atoms with Gasteiger partial charge in [0.2, 0.25) is 0 Å². The van der Waals surface area contributed by atoms with Crippen LogP contribution in [0.25, 0.3) is 11.0 Å². The fraction of sp³-hybridized carbons (Fsp3) is 0.421. The van der Waals surface area contributed by atoms with E-state index in [-0.39, 0.29) is 0 Å². The number of ether oxygens (including phenoxy) is 2. The summed E-state index contributed by atoms with van der Waals surface area (Å²) < 4.78 is 13.4. The van der Waals surface area contributed by atoms with Crippen LogP contribution in [0, 0.1) is 0 Å². The molecule has 0 spiro atoms. The molecule has 3 heterocycles. The molecule has 0 saturated carbocycles. The molecule has 0 aliphatic carbocycles. The van der Waals surface area contributed by atoms with Crippen LogP contribution in [0.3, 0.4) is 0 Å². The molecule has 0 amide bonds. The number of nitrogens with zero attached hydrogens (tertiary/aromatic N) is 6. The molecule has 1 fully saturated rings. The fourth-order valence-corrected chi connectivity index (χ4v) is 4.33. The summed E-state index contributed by atoms with van der Waals surface area (Å²) in [6.07, 6.45) is 2.63. The molecule has 28 heavy (non-hydrogen) atoms. The number of benzene rings is 1. The van der Waals surface area contributed by atoms with E-state index in [2.05, 4.69) is 47.8 Å². The Bertz CT molecular complexity index is 985. The van der Waals surface area contributed by atoms with Gasteiger partial charge in [-0.25, -0.2) is 14.6 Å². The van der Waals surface area contributed by atoms with Gasteiger partial charge >= 0.3 is 0 Å². The van der Waals surface area contributed by atoms with E-state index < -0.39 is 0 Å². The highest BCUT2D eigenvalue weighted by Crippen LogP contribution is 2.34. The van der Waals surface area contributed by atoms with Gasteiger partial charge < -0.3 is 19.3 Å². The lowest BCUT2D eigenvalue weighted by atomic mass is 10.2. The highest BCUT2D eigenvalue weighted by atomic mass is 79.9. The Morgan fingerprint density at radius 2 is 1.86 bits per heavy atom. The molecule has 0 radical (unpaired) electrons. The van der Waals surface area contributed by atoms with Crippen molar-refractivity contribution in [2.75, 3.05) is 44.2 Å². The quantitative estimate of drug-likeness (QED) is 0.596. The minimum Gasteiger partial charge on any atom is -0.497 e. The first kappa shape index (κ1) is 18.8. The van der Waals surface area contributed by atoms with E-state index in [1.165, 1.54) is 0 Å². The van der Waals surface area contributed by atoms with Crippen molar-refractivity contribution < 1.29 is 9.47 Å². The van der Waals surface area contributed by atoms with Crippen molar-refractivity contribution in [3.63, 3.8) is 0 Å². The maximum Gasteiger partial charge on any atom is 0.164 e. The summed E-state index contributed by atoms with van der Waals surface area (Å²) in [7, 11) is 7.31. The van der Waals surface area contributed by atoms with Crippen molar-refractivity contribution in [1.29, 1.82) is 0 Å². The van der Waals surface area contributed by atoms with Crippen LogP contribution in [0.5, 0.6) is 11.5 Å². The fourth-order valence-electron chi connectivity index (χ4n) is 3.73. The molecular weight excluding hydrogens is 424 g/mol. The first-order chi connectivity index (χ1) is 13.5. The van der Waals surface area contributed by atoms with Crippen molar-refractivity contribution in [2.24, 2.45) is 7.05 Å². The van der Waals surface area contributed by atoms with Gasteiger partial charge in [0.1, 0.15) is 28.2 Å². The third kappa shape index (κ3) is 3.23. The second kappa shape index (κ2) is 7.46. The molecule has 3 aromatic rings. The van der Waals surface area contributed by atoms with Gasteiger partial charge in [0.15, 0.2) is 5.65 Å². The average molecular weight is 447 g/mol. The van der Waals surface area contributed by atoms with Crippen LogP contribution in [0.2, 0.25) is 0 Å². The summed E-state index contributed by atoms with van der Waals surface area (Å²) >= 11 is 3.55. The lowest BCUT2D eigenvalue weighted by Gasteiger charge is -2.27. The first-order valence-corrected chi connectivity index (χ1v) is 9.85. The van der Waals surface area contributed by atoms with Gasteiger partial charge in [0, 0.05) is 57.1 Å². The van der Waals surface area contributed by atoms with Crippen LogP contribution >= 0.6 is 15.9 Å². The number of anilines is 2. The molecule has 148 valence electrons. The lowest BCUT2D eigenvalue weighted by molar-refractivity contribution is 0.394. The predicted molar refractivity (Wildman–Crippen MR) is 113 cm³/mol. The molecule has 4 rings (SSSR count). The predicted octanol–water partition coefficient (Wildman–Crippen LogP) is 2.86. The average Bonchev–Trinajstić information content (AvgIpc) is 3.32. The number of hydrogen-bond donors (Lipinski definition) is 0. The first-order valence-electron chi connectivity index (χ1n) is 9.06. The molecule has 0 bridgehead atoms. The highest BCUT2D eigenvalue weighted by molar-refractivity contribution is 9.10. The van der Waals surface area contributed by atoms with Crippen LogP contribution in [0.4, 0.5) is 11.5 Å². The standard InChI is InChI=1S/C19H23BrN6O2/c1-24(18-16-17(20)23-25(2)19(16)22-11-21-18)12-5-6-26(10-12)13-7-14(27-3)9-15(8-13)28-4/h7-9,11-12H,5-6,10H2,1-4H3. The van der Waals surface area contributed by atoms with E-state index in [4.69, 9.17) is 9.47 Å². The third-order valence-electron chi connectivity index (χ3n) is 5.30. The molecule has 1 unspecified atom stereocenters. The number of aryl methyl sites for hydroxylation is 1. The van der Waals surface area contributed by atoms with E-state index >= 15 is 0 Å². The van der Waals surface area contributed by atoms with Gasteiger partial charge in [-0.2, -0.15) is 5.10 Å². The summed E-state index contributed by atoms with van der Waals surface area (Å²) in [4.78, 5) is 13.5. The minimum atomic E-state index is 0.322. The molecule has 9 heteroatoms. The Balaban J connectivity index is 1.60. The summed E-state index contributed by atoms with van der Waals surface area (Å²) in [6.45, 7) is 1.84. The largest absolute Gasteiger partial charge is 0.497 e. The molecule has 0 N–H and O–H groups in total. The second-order valence-corrected chi connectivity index (χ2v) is 7.63. The number of aromatic nitrogens is 4. The van der Waals surface area contributed by atoms with Crippen LogP contribution in [0.15, 0.2) is 29.1 Å². The lowest BCUT2D eigenvalue weighted by Crippen LogP contribution is -2.35. The molecule has 1 aliphatic heterocycles. The Kier molecular flexibility index (Phi) is 5.01. The van der Waals surface area contributed by atoms with Crippen LogP contribution < -0.4 is 19.3 Å². The zero-order chi connectivity index (χ0) is 19.8. The van der Waals surface area contributed by atoms with Crippen LogP contribution in [0.1, 0.15) is 6.42 Å². The van der Waals surface area contributed by atoms with E-state index in [1.54, 1.807) is 25.2 Å². The number of methoxy groups -OCH3 is 2. The van der Waals surface area contributed by atoms with Crippen molar-refractivity contribution in [3.8, 4) is 11.5 Å². The Hall–Kier alpha value is -2.55. The van der Waals surface area contributed by atoms with Crippen molar-refractivity contribution >= 4 is 38.5 Å². The van der Waals surface area contributed by atoms with Crippen molar-refractivity contribution in [3.05, 3.63) is 29.1 Å². The summed E-state index contributed by atoms with van der Waals surface area (Å²) in [5.41, 5.74) is 1.92. The number of hydrogen-bond acceptors (Lipinski definition) is 7. The van der Waals surface area contributed by atoms with E-state index in [0.29, 0.717) is 6.04 Å². The number of halogens is 1. The van der Waals surface area contributed by atoms with Crippen LogP contribution in [-0.2, 0) is 7.05 Å². The third-order valence-corrected chi connectivity index (χ3v) is 5.86. The number of likely N-dealkylation sites (N-methyl/N-ethyl adjacent to an activating group) is 1. The highest BCUT2D eigenvalue weighted by Gasteiger charge is 2.29. The normalized spacial score (nSPS) is 16.6. The maximum absolute atomic E-state index is 5.42. The zero-order valence-electron chi connectivity index (χ0n) is 16.4. The topological polar surface area (TPSA) is 68.5 Å². The molecule has 1 aromatic carbocycles. The van der Waals surface area contributed by atoms with Gasteiger partial charge in [-0.3, -0.25) is 0 Å². The van der Waals surface area contributed by atoms with Crippen molar-refractivity contribution in [1.82, 2.24) is 19.7 Å². The smallest absolute Gasteiger partial charge is 0.164 e. The molecule has 1 aliphatic rings. The number of fused-ring (bicyclic) bond motifs is 1. The maximum atomic E-state index is 5.42. The second-order valence-electron chi connectivity index (χ2n) is 6.88. The Labute approximate surface area is 172 Å². The van der Waals surface area contributed by atoms with Gasteiger partial charge in [-0.15, -0.1) is 0 Å². The SMILES string of the molecule is COc1cc(OC)cc(N2CCC(N(C)c3ncnc4c3c(Br)nn4C)C2)c1. The molecule has 8 nitrogen and oxygen atoms in total. The summed E-state index contributed by atoms with van der Waals surface area (Å²) in [5.74, 6) is 2.48. The van der Waals surface area contributed by atoms with Gasteiger partial charge in [-0.1, -0.05) is 0 Å². The van der Waals surface area contributed by atoms with Gasteiger partial charge in [0.05, 0.1) is 19.6 Å². The number of rotatable bonds is 5. The van der Waals surface area contributed by atoms with E-state index in [0.717, 1.165) is 58.2 Å². The molecule has 1 saturated heterocycles. The minimum absolute atomic E-state index is 0.322. The molecular formula is C19H23BrN6O2. The summed E-state index contributed by atoms with van der Waals surface area (Å²) in [6, 6.07) is 6.31. The van der Waals surface area contributed by atoms with Crippen LogP contribution in [-0.4, -0.2) is 60.1 Å². The van der Waals surface area contributed by atoms with Gasteiger partial charge in [-0.05, 0) is 22.4 Å². The Morgan fingerprint density at radius 3 is 2.54 bits per heavy atom. The summed E-state index contributed by atoms with van der Waals surface area (Å²) in [5, 5.41) is 5.37.